The van der Waals surface area contributed by atoms with Crippen molar-refractivity contribution >= 4 is 17.0 Å². The van der Waals surface area contributed by atoms with Crippen molar-refractivity contribution in [3.05, 3.63) is 51.7 Å². The Morgan fingerprint density at radius 1 is 1.25 bits per heavy atom. The highest BCUT2D eigenvalue weighted by atomic mass is 32.1. The molecule has 0 aliphatic carbocycles. The van der Waals surface area contributed by atoms with E-state index >= 15 is 0 Å². The molecule has 3 rings (SSSR count). The Balaban J connectivity index is 1.72. The predicted molar refractivity (Wildman–Crippen MR) is 87.6 cm³/mol. The van der Waals surface area contributed by atoms with Crippen LogP contribution < -0.4 is 10.2 Å². The fourth-order valence-electron chi connectivity index (χ4n) is 2.87. The molecule has 0 radical (unpaired) electrons. The number of fused-ring (bicyclic) bond motifs is 1. The molecule has 2 nitrogen and oxygen atoms in total. The number of rotatable bonds is 4. The molecule has 1 N–H and O–H groups in total. The molecule has 1 atom stereocenters. The Bertz CT molecular complexity index is 559. The summed E-state index contributed by atoms with van der Waals surface area (Å²) in [5.41, 5.74) is 4.21. The van der Waals surface area contributed by atoms with Gasteiger partial charge < -0.3 is 10.2 Å². The van der Waals surface area contributed by atoms with E-state index < -0.39 is 0 Å². The van der Waals surface area contributed by atoms with Crippen LogP contribution in [0, 0.1) is 0 Å². The molecule has 2 aromatic rings. The van der Waals surface area contributed by atoms with E-state index in [9.17, 15) is 0 Å². The van der Waals surface area contributed by atoms with Gasteiger partial charge in [-0.15, -0.1) is 11.3 Å². The van der Waals surface area contributed by atoms with Gasteiger partial charge in [-0.3, -0.25) is 0 Å². The highest BCUT2D eigenvalue weighted by molar-refractivity contribution is 7.10. The molecule has 0 saturated carbocycles. The molecule has 0 fully saturated rings. The Morgan fingerprint density at radius 2 is 2.05 bits per heavy atom. The standard InChI is InChI=1S/C17H22N2S/c1-3-18-13(2)14-4-6-16(7-5-14)19-10-8-17-15(12-19)9-11-20-17/h4-7,9,11,13,18H,3,8,10,12H2,1-2H3. The van der Waals surface area contributed by atoms with Gasteiger partial charge in [0.15, 0.2) is 0 Å². The van der Waals surface area contributed by atoms with E-state index in [0.717, 1.165) is 19.6 Å². The van der Waals surface area contributed by atoms with Crippen molar-refractivity contribution in [1.29, 1.82) is 0 Å². The zero-order valence-electron chi connectivity index (χ0n) is 12.2. The minimum Gasteiger partial charge on any atom is -0.367 e. The number of hydrogen-bond acceptors (Lipinski definition) is 3. The SMILES string of the molecule is CCNC(C)c1ccc(N2CCc3sccc3C2)cc1. The summed E-state index contributed by atoms with van der Waals surface area (Å²) in [6, 6.07) is 11.7. The molecule has 3 heteroatoms. The highest BCUT2D eigenvalue weighted by Crippen LogP contribution is 2.28. The molecule has 0 saturated heterocycles. The first-order chi connectivity index (χ1) is 9.78. The smallest absolute Gasteiger partial charge is 0.0440 e. The van der Waals surface area contributed by atoms with Crippen LogP contribution in [0.2, 0.25) is 0 Å². The largest absolute Gasteiger partial charge is 0.367 e. The quantitative estimate of drug-likeness (QED) is 0.914. The lowest BCUT2D eigenvalue weighted by Crippen LogP contribution is -2.29. The van der Waals surface area contributed by atoms with Crippen LogP contribution in [0.4, 0.5) is 5.69 Å². The van der Waals surface area contributed by atoms with E-state index in [1.807, 2.05) is 11.3 Å². The zero-order chi connectivity index (χ0) is 13.9. The Kier molecular flexibility index (Phi) is 4.08. The zero-order valence-corrected chi connectivity index (χ0v) is 13.0. The van der Waals surface area contributed by atoms with E-state index in [1.54, 1.807) is 4.88 Å². The van der Waals surface area contributed by atoms with Crippen LogP contribution in [-0.4, -0.2) is 13.1 Å². The molecular weight excluding hydrogens is 264 g/mol. The maximum atomic E-state index is 3.46. The number of thiophene rings is 1. The second kappa shape index (κ2) is 5.98. The molecule has 20 heavy (non-hydrogen) atoms. The topological polar surface area (TPSA) is 15.3 Å². The molecule has 1 aromatic heterocycles. The van der Waals surface area contributed by atoms with Crippen LogP contribution in [-0.2, 0) is 13.0 Å². The van der Waals surface area contributed by atoms with Crippen LogP contribution in [0.15, 0.2) is 35.7 Å². The van der Waals surface area contributed by atoms with Gasteiger partial charge in [-0.25, -0.2) is 0 Å². The Hall–Kier alpha value is -1.32. The van der Waals surface area contributed by atoms with Gasteiger partial charge in [0.05, 0.1) is 0 Å². The summed E-state index contributed by atoms with van der Waals surface area (Å²) in [4.78, 5) is 4.05. The minimum absolute atomic E-state index is 0.430. The van der Waals surface area contributed by atoms with Crippen molar-refractivity contribution in [2.45, 2.75) is 32.9 Å². The van der Waals surface area contributed by atoms with Crippen molar-refractivity contribution in [2.24, 2.45) is 0 Å². The van der Waals surface area contributed by atoms with Crippen LogP contribution >= 0.6 is 11.3 Å². The molecule has 1 unspecified atom stereocenters. The lowest BCUT2D eigenvalue weighted by Gasteiger charge is -2.29. The summed E-state index contributed by atoms with van der Waals surface area (Å²) in [7, 11) is 0. The minimum atomic E-state index is 0.430. The summed E-state index contributed by atoms with van der Waals surface area (Å²) in [6.07, 6.45) is 1.18. The average Bonchev–Trinajstić information content (AvgIpc) is 2.95. The van der Waals surface area contributed by atoms with Gasteiger partial charge in [0, 0.05) is 29.7 Å². The highest BCUT2D eigenvalue weighted by Gasteiger charge is 2.17. The molecule has 0 amide bonds. The molecular formula is C17H22N2S. The molecule has 106 valence electrons. The van der Waals surface area contributed by atoms with E-state index in [4.69, 9.17) is 0 Å². The van der Waals surface area contributed by atoms with Gasteiger partial charge >= 0.3 is 0 Å². The van der Waals surface area contributed by atoms with Crippen LogP contribution in [0.1, 0.15) is 35.9 Å². The molecule has 0 spiro atoms. The van der Waals surface area contributed by atoms with Crippen molar-refractivity contribution in [2.75, 3.05) is 18.0 Å². The van der Waals surface area contributed by atoms with Gasteiger partial charge in [0.25, 0.3) is 0 Å². The predicted octanol–water partition coefficient (Wildman–Crippen LogP) is 3.98. The average molecular weight is 286 g/mol. The lowest BCUT2D eigenvalue weighted by molar-refractivity contribution is 0.598. The van der Waals surface area contributed by atoms with Crippen LogP contribution in [0.25, 0.3) is 0 Å². The summed E-state index contributed by atoms with van der Waals surface area (Å²) in [6.45, 7) is 7.57. The maximum absolute atomic E-state index is 3.46. The first kappa shape index (κ1) is 13.7. The molecule has 1 aliphatic heterocycles. The van der Waals surface area contributed by atoms with Crippen molar-refractivity contribution in [1.82, 2.24) is 5.32 Å². The van der Waals surface area contributed by atoms with Gasteiger partial charge in [-0.1, -0.05) is 19.1 Å². The number of anilines is 1. The lowest BCUT2D eigenvalue weighted by atomic mass is 10.1. The van der Waals surface area contributed by atoms with E-state index in [2.05, 4.69) is 59.8 Å². The third-order valence-corrected chi connectivity index (χ3v) is 5.10. The van der Waals surface area contributed by atoms with Crippen LogP contribution in [0.5, 0.6) is 0 Å². The van der Waals surface area contributed by atoms with E-state index in [0.29, 0.717) is 6.04 Å². The molecule has 1 aromatic carbocycles. The normalized spacial score (nSPS) is 16.0. The van der Waals surface area contributed by atoms with E-state index in [-0.39, 0.29) is 0 Å². The number of nitrogens with one attached hydrogen (secondary N) is 1. The fraction of sp³-hybridized carbons (Fsp3) is 0.412. The maximum Gasteiger partial charge on any atom is 0.0440 e. The Labute approximate surface area is 125 Å². The second-order valence-corrected chi connectivity index (χ2v) is 6.41. The van der Waals surface area contributed by atoms with E-state index in [1.165, 1.54) is 23.2 Å². The second-order valence-electron chi connectivity index (χ2n) is 5.41. The summed E-state index contributed by atoms with van der Waals surface area (Å²) < 4.78 is 0. The summed E-state index contributed by atoms with van der Waals surface area (Å²) >= 11 is 1.90. The van der Waals surface area contributed by atoms with Crippen molar-refractivity contribution < 1.29 is 0 Å². The third kappa shape index (κ3) is 2.74. The van der Waals surface area contributed by atoms with Gasteiger partial charge in [-0.05, 0) is 54.6 Å². The van der Waals surface area contributed by atoms with Crippen molar-refractivity contribution in [3.63, 3.8) is 0 Å². The Morgan fingerprint density at radius 3 is 2.80 bits per heavy atom. The first-order valence-electron chi connectivity index (χ1n) is 7.41. The first-order valence-corrected chi connectivity index (χ1v) is 8.29. The van der Waals surface area contributed by atoms with Gasteiger partial charge in [0.2, 0.25) is 0 Å². The van der Waals surface area contributed by atoms with Gasteiger partial charge in [-0.2, -0.15) is 0 Å². The number of hydrogen-bond donors (Lipinski definition) is 1. The summed E-state index contributed by atoms with van der Waals surface area (Å²) in [5.74, 6) is 0. The van der Waals surface area contributed by atoms with Gasteiger partial charge in [0.1, 0.15) is 0 Å². The number of nitrogens with zero attached hydrogens (tertiary/aromatic N) is 1. The third-order valence-electron chi connectivity index (χ3n) is 4.08. The van der Waals surface area contributed by atoms with Crippen LogP contribution in [0.3, 0.4) is 0 Å². The molecule has 2 heterocycles. The molecule has 1 aliphatic rings. The summed E-state index contributed by atoms with van der Waals surface area (Å²) in [5, 5.41) is 5.68. The fourth-order valence-corrected chi connectivity index (χ4v) is 3.76. The number of benzene rings is 1. The monoisotopic (exact) mass is 286 g/mol. The van der Waals surface area contributed by atoms with Crippen molar-refractivity contribution in [3.8, 4) is 0 Å². The molecule has 0 bridgehead atoms.